The average molecular weight is 443 g/mol. The number of aromatic nitrogens is 6. The molecule has 5 aromatic rings. The maximum absolute atomic E-state index is 6.08. The predicted octanol–water partition coefficient (Wildman–Crippen LogP) is 3.37. The van der Waals surface area contributed by atoms with Crippen molar-refractivity contribution in [2.45, 2.75) is 22.5 Å². The number of pyridine rings is 2. The molecule has 9 heteroatoms. The lowest BCUT2D eigenvalue weighted by Gasteiger charge is -2.18. The highest BCUT2D eigenvalue weighted by molar-refractivity contribution is 7.99. The minimum absolute atomic E-state index is 0.241. The molecule has 5 heterocycles. The van der Waals surface area contributed by atoms with E-state index in [-0.39, 0.29) is 6.04 Å². The summed E-state index contributed by atoms with van der Waals surface area (Å²) in [6, 6.07) is 12.8. The van der Waals surface area contributed by atoms with Crippen molar-refractivity contribution in [3.8, 4) is 11.1 Å². The zero-order valence-electron chi connectivity index (χ0n) is 17.6. The first kappa shape index (κ1) is 19.3. The first-order valence-electron chi connectivity index (χ1n) is 10.5. The van der Waals surface area contributed by atoms with Gasteiger partial charge in [0.1, 0.15) is 0 Å². The highest BCUT2D eigenvalue weighted by atomic mass is 32.2. The second kappa shape index (κ2) is 7.61. The van der Waals surface area contributed by atoms with E-state index in [1.165, 1.54) is 0 Å². The second-order valence-corrected chi connectivity index (χ2v) is 9.22. The SMILES string of the molecule is Cn1cc(-c2ccc3nnc(Sc4ccc5ncc(N6CCC(N)C6)cc5c4)n3c2)cn1. The number of anilines is 1. The number of hydrogen-bond acceptors (Lipinski definition) is 7. The molecule has 4 aromatic heterocycles. The molecule has 0 bridgehead atoms. The molecule has 1 saturated heterocycles. The third-order valence-electron chi connectivity index (χ3n) is 5.85. The van der Waals surface area contributed by atoms with Crippen LogP contribution in [-0.4, -0.2) is 48.5 Å². The third-order valence-corrected chi connectivity index (χ3v) is 6.80. The van der Waals surface area contributed by atoms with E-state index in [0.717, 1.165) is 62.9 Å². The zero-order chi connectivity index (χ0) is 21.7. The quantitative estimate of drug-likeness (QED) is 0.456. The molecule has 1 atom stereocenters. The van der Waals surface area contributed by atoms with Crippen LogP contribution in [-0.2, 0) is 7.05 Å². The number of benzene rings is 1. The van der Waals surface area contributed by atoms with Gasteiger partial charge in [-0.15, -0.1) is 10.2 Å². The zero-order valence-corrected chi connectivity index (χ0v) is 18.4. The average Bonchev–Trinajstić information content (AvgIpc) is 3.53. The lowest BCUT2D eigenvalue weighted by molar-refractivity contribution is 0.752. The second-order valence-electron chi connectivity index (χ2n) is 8.18. The highest BCUT2D eigenvalue weighted by Gasteiger charge is 2.20. The predicted molar refractivity (Wildman–Crippen MR) is 126 cm³/mol. The van der Waals surface area contributed by atoms with Gasteiger partial charge >= 0.3 is 0 Å². The fraction of sp³-hybridized carbons (Fsp3) is 0.217. The van der Waals surface area contributed by atoms with E-state index in [0.29, 0.717) is 0 Å². The topological polar surface area (TPSA) is 90.2 Å². The van der Waals surface area contributed by atoms with Crippen LogP contribution in [0.15, 0.2) is 71.2 Å². The molecule has 0 amide bonds. The standard InChI is InChI=1S/C23H22N8S/c1-29-12-17(10-26-29)15-2-5-22-27-28-23(31(22)13-15)32-20-3-4-21-16(9-20)8-19(11-25-21)30-7-6-18(24)14-30/h2-5,8-13,18H,6-7,14,24H2,1H3. The summed E-state index contributed by atoms with van der Waals surface area (Å²) in [7, 11) is 1.92. The Kier molecular flexibility index (Phi) is 4.58. The van der Waals surface area contributed by atoms with E-state index in [4.69, 9.17) is 5.73 Å². The monoisotopic (exact) mass is 442 g/mol. The van der Waals surface area contributed by atoms with Crippen LogP contribution < -0.4 is 10.6 Å². The van der Waals surface area contributed by atoms with Crippen LogP contribution >= 0.6 is 11.8 Å². The summed E-state index contributed by atoms with van der Waals surface area (Å²) in [5.41, 5.74) is 11.1. The molecule has 160 valence electrons. The van der Waals surface area contributed by atoms with E-state index in [1.54, 1.807) is 16.4 Å². The summed E-state index contributed by atoms with van der Waals surface area (Å²) in [5, 5.41) is 15.0. The Morgan fingerprint density at radius 2 is 1.97 bits per heavy atom. The fourth-order valence-electron chi connectivity index (χ4n) is 4.14. The Balaban J connectivity index is 1.33. The van der Waals surface area contributed by atoms with Gasteiger partial charge in [0, 0.05) is 60.0 Å². The van der Waals surface area contributed by atoms with Crippen LogP contribution in [0.5, 0.6) is 0 Å². The maximum Gasteiger partial charge on any atom is 0.200 e. The van der Waals surface area contributed by atoms with Crippen molar-refractivity contribution in [1.82, 2.24) is 29.4 Å². The normalized spacial score (nSPS) is 16.4. The number of aryl methyl sites for hydroxylation is 1. The highest BCUT2D eigenvalue weighted by Crippen LogP contribution is 2.31. The molecule has 1 aromatic carbocycles. The van der Waals surface area contributed by atoms with Crippen molar-refractivity contribution < 1.29 is 0 Å². The Hall–Kier alpha value is -3.43. The summed E-state index contributed by atoms with van der Waals surface area (Å²) >= 11 is 1.59. The van der Waals surface area contributed by atoms with Gasteiger partial charge in [-0.3, -0.25) is 14.1 Å². The van der Waals surface area contributed by atoms with E-state index in [1.807, 2.05) is 42.2 Å². The molecule has 1 aliphatic rings. The molecule has 8 nitrogen and oxygen atoms in total. The Bertz CT molecular complexity index is 1440. The van der Waals surface area contributed by atoms with Crippen LogP contribution in [0.3, 0.4) is 0 Å². The van der Waals surface area contributed by atoms with Gasteiger partial charge in [0.05, 0.1) is 23.6 Å². The number of fused-ring (bicyclic) bond motifs is 2. The summed E-state index contributed by atoms with van der Waals surface area (Å²) < 4.78 is 3.83. The molecular formula is C23H22N8S. The van der Waals surface area contributed by atoms with Crippen LogP contribution in [0.4, 0.5) is 5.69 Å². The van der Waals surface area contributed by atoms with Crippen LogP contribution in [0.1, 0.15) is 6.42 Å². The van der Waals surface area contributed by atoms with Gasteiger partial charge in [-0.2, -0.15) is 5.10 Å². The van der Waals surface area contributed by atoms with Gasteiger partial charge < -0.3 is 10.6 Å². The van der Waals surface area contributed by atoms with Crippen LogP contribution in [0.2, 0.25) is 0 Å². The van der Waals surface area contributed by atoms with Crippen molar-refractivity contribution in [3.63, 3.8) is 0 Å². The minimum Gasteiger partial charge on any atom is -0.369 e. The van der Waals surface area contributed by atoms with Crippen molar-refractivity contribution >= 4 is 34.0 Å². The number of nitrogens with two attached hydrogens (primary N) is 1. The molecule has 0 spiro atoms. The van der Waals surface area contributed by atoms with Gasteiger partial charge in [0.2, 0.25) is 0 Å². The van der Waals surface area contributed by atoms with E-state index in [9.17, 15) is 0 Å². The molecule has 1 unspecified atom stereocenters. The molecule has 6 rings (SSSR count). The van der Waals surface area contributed by atoms with Crippen molar-refractivity contribution in [1.29, 1.82) is 0 Å². The number of nitrogens with zero attached hydrogens (tertiary/aromatic N) is 7. The van der Waals surface area contributed by atoms with Gasteiger partial charge in [0.25, 0.3) is 0 Å². The van der Waals surface area contributed by atoms with Gasteiger partial charge in [-0.1, -0.05) is 0 Å². The molecule has 1 aliphatic heterocycles. The molecule has 32 heavy (non-hydrogen) atoms. The molecule has 0 radical (unpaired) electrons. The maximum atomic E-state index is 6.08. The van der Waals surface area contributed by atoms with E-state index < -0.39 is 0 Å². The molecular weight excluding hydrogens is 420 g/mol. The van der Waals surface area contributed by atoms with Gasteiger partial charge in [0.15, 0.2) is 10.8 Å². The first-order chi connectivity index (χ1) is 15.6. The molecule has 1 fully saturated rings. The van der Waals surface area contributed by atoms with E-state index >= 15 is 0 Å². The Morgan fingerprint density at radius 1 is 1.03 bits per heavy atom. The third kappa shape index (κ3) is 3.49. The summed E-state index contributed by atoms with van der Waals surface area (Å²) in [6.45, 7) is 1.86. The lowest BCUT2D eigenvalue weighted by atomic mass is 10.2. The Morgan fingerprint density at radius 3 is 2.78 bits per heavy atom. The Labute approximate surface area is 189 Å². The molecule has 0 aliphatic carbocycles. The van der Waals surface area contributed by atoms with Gasteiger partial charge in [-0.25, -0.2) is 0 Å². The van der Waals surface area contributed by atoms with Crippen LogP contribution in [0.25, 0.3) is 27.7 Å². The van der Waals surface area contributed by atoms with Gasteiger partial charge in [-0.05, 0) is 54.6 Å². The number of hydrogen-bond donors (Lipinski definition) is 1. The van der Waals surface area contributed by atoms with Crippen LogP contribution in [0, 0.1) is 0 Å². The fourth-order valence-corrected chi connectivity index (χ4v) is 5.00. The van der Waals surface area contributed by atoms with Crippen molar-refractivity contribution in [2.75, 3.05) is 18.0 Å². The van der Waals surface area contributed by atoms with E-state index in [2.05, 4.69) is 55.6 Å². The van der Waals surface area contributed by atoms with Crippen molar-refractivity contribution in [2.24, 2.45) is 12.8 Å². The molecule has 2 N–H and O–H groups in total. The molecule has 0 saturated carbocycles. The largest absolute Gasteiger partial charge is 0.369 e. The lowest BCUT2D eigenvalue weighted by Crippen LogP contribution is -2.26. The first-order valence-corrected chi connectivity index (χ1v) is 11.4. The number of rotatable bonds is 4. The minimum atomic E-state index is 0.241. The van der Waals surface area contributed by atoms with Crippen molar-refractivity contribution in [3.05, 3.63) is 61.2 Å². The summed E-state index contributed by atoms with van der Waals surface area (Å²) in [5.74, 6) is 0. The summed E-state index contributed by atoms with van der Waals surface area (Å²) in [6.07, 6.45) is 8.89. The summed E-state index contributed by atoms with van der Waals surface area (Å²) in [4.78, 5) is 8.05. The smallest absolute Gasteiger partial charge is 0.200 e.